The van der Waals surface area contributed by atoms with Gasteiger partial charge in [0.05, 0.1) is 6.04 Å². The molecule has 1 aromatic rings. The van der Waals surface area contributed by atoms with Crippen molar-refractivity contribution in [2.24, 2.45) is 5.92 Å². The van der Waals surface area contributed by atoms with Crippen LogP contribution >= 0.6 is 12.4 Å². The monoisotopic (exact) mass is 330 g/mol. The number of nitrogens with one attached hydrogen (secondary N) is 2. The molecule has 2 rings (SSSR count). The second kappa shape index (κ2) is 9.64. The topological polar surface area (TPSA) is 50.4 Å². The molecule has 0 aromatic heterocycles. The summed E-state index contributed by atoms with van der Waals surface area (Å²) in [6.07, 6.45) is 2.71. The van der Waals surface area contributed by atoms with Crippen LogP contribution in [0.4, 0.5) is 4.39 Å². The van der Waals surface area contributed by atoms with E-state index in [1.807, 2.05) is 6.92 Å². The third-order valence-corrected chi connectivity index (χ3v) is 3.65. The summed E-state index contributed by atoms with van der Waals surface area (Å²) < 4.78 is 18.3. The van der Waals surface area contributed by atoms with E-state index in [1.165, 1.54) is 12.1 Å². The molecular formula is C16H24ClFN2O2. The lowest BCUT2D eigenvalue weighted by molar-refractivity contribution is -0.123. The Hall–Kier alpha value is -1.33. The molecule has 0 spiro atoms. The van der Waals surface area contributed by atoms with E-state index in [-0.39, 0.29) is 30.2 Å². The number of piperidine rings is 1. The van der Waals surface area contributed by atoms with Gasteiger partial charge in [0.15, 0.2) is 0 Å². The highest BCUT2D eigenvalue weighted by molar-refractivity contribution is 5.85. The van der Waals surface area contributed by atoms with Gasteiger partial charge in [-0.3, -0.25) is 4.79 Å². The number of carbonyl (C=O) groups excluding carboxylic acids is 1. The first kappa shape index (κ1) is 18.7. The van der Waals surface area contributed by atoms with Crippen molar-refractivity contribution in [3.63, 3.8) is 0 Å². The number of ether oxygens (including phenoxy) is 1. The van der Waals surface area contributed by atoms with Crippen LogP contribution in [0.25, 0.3) is 0 Å². The summed E-state index contributed by atoms with van der Waals surface area (Å²) in [4.78, 5) is 11.9. The van der Waals surface area contributed by atoms with Crippen LogP contribution in [-0.2, 0) is 4.79 Å². The van der Waals surface area contributed by atoms with Gasteiger partial charge in [-0.25, -0.2) is 4.39 Å². The molecule has 1 saturated heterocycles. The molecule has 1 aliphatic heterocycles. The van der Waals surface area contributed by atoms with Crippen LogP contribution < -0.4 is 15.4 Å². The molecule has 4 nitrogen and oxygen atoms in total. The number of carbonyl (C=O) groups is 1. The number of amides is 1. The normalized spacial score (nSPS) is 16.5. The quantitative estimate of drug-likeness (QED) is 0.842. The van der Waals surface area contributed by atoms with Crippen LogP contribution in [0.1, 0.15) is 26.2 Å². The third-order valence-electron chi connectivity index (χ3n) is 3.65. The first-order valence-electron chi connectivity index (χ1n) is 7.52. The molecule has 1 atom stereocenters. The highest BCUT2D eigenvalue weighted by atomic mass is 35.5. The predicted octanol–water partition coefficient (Wildman–Crippen LogP) is 2.52. The standard InChI is InChI=1S/C16H23FN2O2.ClH/c1-12(11-21-15-4-2-14(17)3-5-15)19-16(20)10-13-6-8-18-9-7-13;/h2-5,12-13,18H,6-11H2,1H3,(H,19,20);1H. The van der Waals surface area contributed by atoms with Crippen molar-refractivity contribution in [1.29, 1.82) is 0 Å². The zero-order valence-electron chi connectivity index (χ0n) is 12.8. The van der Waals surface area contributed by atoms with Crippen molar-refractivity contribution in [1.82, 2.24) is 10.6 Å². The summed E-state index contributed by atoms with van der Waals surface area (Å²) in [5, 5.41) is 6.24. The Balaban J connectivity index is 0.00000242. The summed E-state index contributed by atoms with van der Waals surface area (Å²) >= 11 is 0. The smallest absolute Gasteiger partial charge is 0.220 e. The zero-order valence-corrected chi connectivity index (χ0v) is 13.6. The van der Waals surface area contributed by atoms with Gasteiger partial charge in [-0.1, -0.05) is 0 Å². The number of rotatable bonds is 6. The van der Waals surface area contributed by atoms with Gasteiger partial charge in [-0.05, 0) is 63.0 Å². The average molecular weight is 331 g/mol. The molecule has 124 valence electrons. The second-order valence-electron chi connectivity index (χ2n) is 5.63. The molecule has 2 N–H and O–H groups in total. The van der Waals surface area contributed by atoms with Crippen LogP contribution in [0.15, 0.2) is 24.3 Å². The van der Waals surface area contributed by atoms with Crippen molar-refractivity contribution in [2.75, 3.05) is 19.7 Å². The zero-order chi connectivity index (χ0) is 15.1. The van der Waals surface area contributed by atoms with Gasteiger partial charge in [-0.15, -0.1) is 12.4 Å². The Morgan fingerprint density at radius 1 is 1.36 bits per heavy atom. The lowest BCUT2D eigenvalue weighted by atomic mass is 9.94. The lowest BCUT2D eigenvalue weighted by Crippen LogP contribution is -2.39. The summed E-state index contributed by atoms with van der Waals surface area (Å²) in [6.45, 7) is 4.29. The maximum Gasteiger partial charge on any atom is 0.220 e. The molecule has 1 aliphatic rings. The largest absolute Gasteiger partial charge is 0.491 e. The van der Waals surface area contributed by atoms with Crippen molar-refractivity contribution >= 4 is 18.3 Å². The highest BCUT2D eigenvalue weighted by Crippen LogP contribution is 2.15. The SMILES string of the molecule is CC(COc1ccc(F)cc1)NC(=O)CC1CCNCC1.Cl. The molecule has 1 amide bonds. The third kappa shape index (κ3) is 6.62. The minimum Gasteiger partial charge on any atom is -0.491 e. The van der Waals surface area contributed by atoms with Crippen molar-refractivity contribution < 1.29 is 13.9 Å². The van der Waals surface area contributed by atoms with Crippen LogP contribution in [0.2, 0.25) is 0 Å². The van der Waals surface area contributed by atoms with Crippen molar-refractivity contribution in [3.8, 4) is 5.75 Å². The first-order chi connectivity index (χ1) is 10.1. The van der Waals surface area contributed by atoms with E-state index in [0.717, 1.165) is 25.9 Å². The van der Waals surface area contributed by atoms with Crippen LogP contribution in [0.5, 0.6) is 5.75 Å². The molecule has 6 heteroatoms. The summed E-state index contributed by atoms with van der Waals surface area (Å²) in [7, 11) is 0. The molecule has 1 heterocycles. The van der Waals surface area contributed by atoms with Crippen molar-refractivity contribution in [3.05, 3.63) is 30.1 Å². The Labute approximate surface area is 137 Å². The van der Waals surface area contributed by atoms with Gasteiger partial charge in [0.2, 0.25) is 5.91 Å². The maximum absolute atomic E-state index is 12.8. The fourth-order valence-electron chi connectivity index (χ4n) is 2.48. The Kier molecular flexibility index (Phi) is 8.20. The Morgan fingerprint density at radius 3 is 2.64 bits per heavy atom. The van der Waals surface area contributed by atoms with E-state index in [9.17, 15) is 9.18 Å². The summed E-state index contributed by atoms with van der Waals surface area (Å²) in [5.74, 6) is 0.884. The number of hydrogen-bond donors (Lipinski definition) is 2. The highest BCUT2D eigenvalue weighted by Gasteiger charge is 2.17. The first-order valence-corrected chi connectivity index (χ1v) is 7.52. The number of benzene rings is 1. The fourth-order valence-corrected chi connectivity index (χ4v) is 2.48. The van der Waals surface area contributed by atoms with Gasteiger partial charge in [-0.2, -0.15) is 0 Å². The average Bonchev–Trinajstić information content (AvgIpc) is 2.47. The molecule has 0 aliphatic carbocycles. The maximum atomic E-state index is 12.8. The number of hydrogen-bond acceptors (Lipinski definition) is 3. The Morgan fingerprint density at radius 2 is 2.00 bits per heavy atom. The summed E-state index contributed by atoms with van der Waals surface area (Å²) in [6, 6.07) is 5.81. The van der Waals surface area contributed by atoms with E-state index in [4.69, 9.17) is 4.74 Å². The van der Waals surface area contributed by atoms with E-state index < -0.39 is 0 Å². The van der Waals surface area contributed by atoms with E-state index >= 15 is 0 Å². The Bertz CT molecular complexity index is 450. The molecule has 0 bridgehead atoms. The molecule has 0 radical (unpaired) electrons. The minimum atomic E-state index is -0.286. The minimum absolute atomic E-state index is 0. The molecule has 1 fully saturated rings. The van der Waals surface area contributed by atoms with Gasteiger partial charge >= 0.3 is 0 Å². The van der Waals surface area contributed by atoms with Crippen LogP contribution in [0.3, 0.4) is 0 Å². The molecule has 22 heavy (non-hydrogen) atoms. The van der Waals surface area contributed by atoms with Crippen LogP contribution in [0, 0.1) is 11.7 Å². The molecule has 0 saturated carbocycles. The molecular weight excluding hydrogens is 307 g/mol. The van der Waals surface area contributed by atoms with E-state index in [1.54, 1.807) is 12.1 Å². The van der Waals surface area contributed by atoms with E-state index in [0.29, 0.717) is 24.7 Å². The fraction of sp³-hybridized carbons (Fsp3) is 0.562. The van der Waals surface area contributed by atoms with Crippen molar-refractivity contribution in [2.45, 2.75) is 32.2 Å². The van der Waals surface area contributed by atoms with Gasteiger partial charge in [0, 0.05) is 6.42 Å². The summed E-state index contributed by atoms with van der Waals surface area (Å²) in [5.41, 5.74) is 0. The number of halogens is 2. The van der Waals surface area contributed by atoms with Gasteiger partial charge in [0.25, 0.3) is 0 Å². The molecule has 1 unspecified atom stereocenters. The second-order valence-corrected chi connectivity index (χ2v) is 5.63. The van der Waals surface area contributed by atoms with E-state index in [2.05, 4.69) is 10.6 Å². The van der Waals surface area contributed by atoms with Crippen LogP contribution in [-0.4, -0.2) is 31.6 Å². The van der Waals surface area contributed by atoms with Gasteiger partial charge < -0.3 is 15.4 Å². The lowest BCUT2D eigenvalue weighted by Gasteiger charge is -2.23. The predicted molar refractivity (Wildman–Crippen MR) is 87.0 cm³/mol. The van der Waals surface area contributed by atoms with Gasteiger partial charge in [0.1, 0.15) is 18.2 Å². The molecule has 1 aromatic carbocycles.